The molecule has 0 aromatic heterocycles. The lowest BCUT2D eigenvalue weighted by Gasteiger charge is -2.22. The van der Waals surface area contributed by atoms with Gasteiger partial charge in [-0.15, -0.1) is 0 Å². The smallest absolute Gasteiger partial charge is 0.338 e. The van der Waals surface area contributed by atoms with Gasteiger partial charge in [0.2, 0.25) is 0 Å². The summed E-state index contributed by atoms with van der Waals surface area (Å²) < 4.78 is 15.9. The van der Waals surface area contributed by atoms with Crippen LogP contribution in [0.2, 0.25) is 0 Å². The second-order valence-electron chi connectivity index (χ2n) is 6.32. The number of rotatable bonds is 6. The lowest BCUT2D eigenvalue weighted by molar-refractivity contribution is -0.122. The molecule has 1 aliphatic rings. The van der Waals surface area contributed by atoms with Crippen LogP contribution in [-0.4, -0.2) is 38.2 Å². The van der Waals surface area contributed by atoms with Gasteiger partial charge in [0.25, 0.3) is 5.91 Å². The molecule has 0 spiro atoms. The van der Waals surface area contributed by atoms with Crippen molar-refractivity contribution in [3.63, 3.8) is 0 Å². The topological polar surface area (TPSA) is 65.1 Å². The maximum atomic E-state index is 12.6. The molecular weight excluding hydrogens is 346 g/mol. The Morgan fingerprint density at radius 2 is 1.93 bits per heavy atom. The highest BCUT2D eigenvalue weighted by Gasteiger charge is 2.31. The van der Waals surface area contributed by atoms with Crippen molar-refractivity contribution in [1.29, 1.82) is 0 Å². The van der Waals surface area contributed by atoms with E-state index in [0.717, 1.165) is 17.7 Å². The third-order valence-electron chi connectivity index (χ3n) is 4.50. The first kappa shape index (κ1) is 18.8. The van der Waals surface area contributed by atoms with Crippen LogP contribution >= 0.6 is 0 Å². The summed E-state index contributed by atoms with van der Waals surface area (Å²) in [7, 11) is 1.53. The molecule has 0 saturated heterocycles. The number of benzene rings is 2. The van der Waals surface area contributed by atoms with E-state index in [0.29, 0.717) is 23.7 Å². The number of carbonyl (C=O) groups is 2. The van der Waals surface area contributed by atoms with Gasteiger partial charge in [0, 0.05) is 11.7 Å². The lowest BCUT2D eigenvalue weighted by Crippen LogP contribution is -2.38. The highest BCUT2D eigenvalue weighted by molar-refractivity contribution is 5.99. The lowest BCUT2D eigenvalue weighted by atomic mass is 10.1. The maximum absolute atomic E-state index is 12.6. The van der Waals surface area contributed by atoms with E-state index in [4.69, 9.17) is 14.2 Å². The van der Waals surface area contributed by atoms with Gasteiger partial charge in [-0.1, -0.05) is 18.2 Å². The van der Waals surface area contributed by atoms with E-state index in [2.05, 4.69) is 0 Å². The number of ether oxygens (including phenoxy) is 3. The van der Waals surface area contributed by atoms with Gasteiger partial charge in [-0.2, -0.15) is 0 Å². The van der Waals surface area contributed by atoms with E-state index in [1.165, 1.54) is 7.11 Å². The van der Waals surface area contributed by atoms with Crippen LogP contribution in [0.15, 0.2) is 42.5 Å². The molecule has 2 aromatic carbocycles. The molecule has 6 heteroatoms. The summed E-state index contributed by atoms with van der Waals surface area (Å²) in [5.41, 5.74) is 2.32. The normalized spacial score (nSPS) is 15.2. The first-order valence-electron chi connectivity index (χ1n) is 8.93. The van der Waals surface area contributed by atoms with Crippen LogP contribution in [0, 0.1) is 0 Å². The molecule has 2 aromatic rings. The Labute approximate surface area is 158 Å². The standard InChI is InChI=1S/C21H23NO5/c1-4-26-19-12-16(9-10-18(19)25-3)21(24)27-13-20(23)22-14(2)11-15-7-5-6-8-17(15)22/h5-10,12,14H,4,11,13H2,1-3H3/t14-/m1/s1. The number of nitrogens with zero attached hydrogens (tertiary/aromatic N) is 1. The molecule has 3 rings (SSSR count). The van der Waals surface area contributed by atoms with Gasteiger partial charge in [0.05, 0.1) is 19.3 Å². The van der Waals surface area contributed by atoms with Crippen molar-refractivity contribution in [1.82, 2.24) is 0 Å². The Kier molecular flexibility index (Phi) is 5.64. The van der Waals surface area contributed by atoms with Gasteiger partial charge >= 0.3 is 5.97 Å². The van der Waals surface area contributed by atoms with Gasteiger partial charge < -0.3 is 19.1 Å². The van der Waals surface area contributed by atoms with Crippen molar-refractivity contribution in [3.05, 3.63) is 53.6 Å². The Balaban J connectivity index is 1.67. The molecule has 0 unspecified atom stereocenters. The fourth-order valence-corrected chi connectivity index (χ4v) is 3.30. The molecule has 0 bridgehead atoms. The summed E-state index contributed by atoms with van der Waals surface area (Å²) in [6, 6.07) is 12.6. The second-order valence-corrected chi connectivity index (χ2v) is 6.32. The van der Waals surface area contributed by atoms with Crippen LogP contribution in [0.5, 0.6) is 11.5 Å². The number of methoxy groups -OCH3 is 1. The molecule has 27 heavy (non-hydrogen) atoms. The molecule has 1 heterocycles. The van der Waals surface area contributed by atoms with E-state index in [9.17, 15) is 9.59 Å². The number of hydrogen-bond acceptors (Lipinski definition) is 5. The number of fused-ring (bicyclic) bond motifs is 1. The van der Waals surface area contributed by atoms with Crippen LogP contribution in [0.25, 0.3) is 0 Å². The summed E-state index contributed by atoms with van der Waals surface area (Å²) in [6.07, 6.45) is 0.798. The summed E-state index contributed by atoms with van der Waals surface area (Å²) in [4.78, 5) is 26.7. The van der Waals surface area contributed by atoms with Gasteiger partial charge in [0.15, 0.2) is 18.1 Å². The largest absolute Gasteiger partial charge is 0.493 e. The first-order chi connectivity index (χ1) is 13.0. The molecule has 6 nitrogen and oxygen atoms in total. The Morgan fingerprint density at radius 3 is 2.67 bits per heavy atom. The van der Waals surface area contributed by atoms with Crippen LogP contribution in [-0.2, 0) is 16.0 Å². The molecule has 0 saturated carbocycles. The van der Waals surface area contributed by atoms with Gasteiger partial charge in [-0.05, 0) is 50.1 Å². The van der Waals surface area contributed by atoms with E-state index >= 15 is 0 Å². The van der Waals surface area contributed by atoms with E-state index in [1.54, 1.807) is 23.1 Å². The third kappa shape index (κ3) is 3.89. The molecule has 0 aliphatic carbocycles. The minimum absolute atomic E-state index is 0.0409. The zero-order valence-electron chi connectivity index (χ0n) is 15.7. The van der Waals surface area contributed by atoms with Crippen molar-refractivity contribution >= 4 is 17.6 Å². The summed E-state index contributed by atoms with van der Waals surface area (Å²) in [5, 5.41) is 0. The molecule has 0 fully saturated rings. The molecule has 142 valence electrons. The van der Waals surface area contributed by atoms with Crippen molar-refractivity contribution in [3.8, 4) is 11.5 Å². The average molecular weight is 369 g/mol. The second kappa shape index (κ2) is 8.12. The number of esters is 1. The van der Waals surface area contributed by atoms with Gasteiger partial charge in [-0.25, -0.2) is 4.79 Å². The van der Waals surface area contributed by atoms with E-state index in [-0.39, 0.29) is 18.6 Å². The maximum Gasteiger partial charge on any atom is 0.338 e. The fraction of sp³-hybridized carbons (Fsp3) is 0.333. The minimum Gasteiger partial charge on any atom is -0.493 e. The van der Waals surface area contributed by atoms with E-state index < -0.39 is 5.97 Å². The van der Waals surface area contributed by atoms with E-state index in [1.807, 2.05) is 38.1 Å². The zero-order valence-corrected chi connectivity index (χ0v) is 15.7. The Morgan fingerprint density at radius 1 is 1.15 bits per heavy atom. The van der Waals surface area contributed by atoms with Gasteiger partial charge in [-0.3, -0.25) is 4.79 Å². The summed E-state index contributed by atoms with van der Waals surface area (Å²) >= 11 is 0. The van der Waals surface area contributed by atoms with Crippen molar-refractivity contribution in [2.24, 2.45) is 0 Å². The molecule has 1 atom stereocenters. The number of amides is 1. The predicted octanol–water partition coefficient (Wildman–Crippen LogP) is 3.23. The summed E-state index contributed by atoms with van der Waals surface area (Å²) in [6.45, 7) is 3.96. The van der Waals surface area contributed by atoms with Crippen LogP contribution in [0.3, 0.4) is 0 Å². The molecule has 0 radical (unpaired) electrons. The van der Waals surface area contributed by atoms with Crippen molar-refractivity contribution < 1.29 is 23.8 Å². The molecular formula is C21H23NO5. The van der Waals surface area contributed by atoms with Crippen LogP contribution in [0.1, 0.15) is 29.8 Å². The first-order valence-corrected chi connectivity index (χ1v) is 8.93. The Bertz CT molecular complexity index is 848. The monoisotopic (exact) mass is 369 g/mol. The highest BCUT2D eigenvalue weighted by atomic mass is 16.5. The van der Waals surface area contributed by atoms with Crippen LogP contribution in [0.4, 0.5) is 5.69 Å². The average Bonchev–Trinajstić information content (AvgIpc) is 3.01. The predicted molar refractivity (Wildman–Crippen MR) is 102 cm³/mol. The summed E-state index contributed by atoms with van der Waals surface area (Å²) in [5.74, 6) is 0.182. The Hall–Kier alpha value is -3.02. The van der Waals surface area contributed by atoms with Crippen molar-refractivity contribution in [2.45, 2.75) is 26.3 Å². The highest BCUT2D eigenvalue weighted by Crippen LogP contribution is 2.32. The van der Waals surface area contributed by atoms with Gasteiger partial charge in [0.1, 0.15) is 0 Å². The van der Waals surface area contributed by atoms with Crippen LogP contribution < -0.4 is 14.4 Å². The molecule has 1 amide bonds. The number of para-hydroxylation sites is 1. The number of hydrogen-bond donors (Lipinski definition) is 0. The third-order valence-corrected chi connectivity index (χ3v) is 4.50. The SMILES string of the molecule is CCOc1cc(C(=O)OCC(=O)N2c3ccccc3C[C@H]2C)ccc1OC. The molecule has 1 aliphatic heterocycles. The fourth-order valence-electron chi connectivity index (χ4n) is 3.30. The minimum atomic E-state index is -0.577. The number of carbonyl (C=O) groups excluding carboxylic acids is 2. The number of anilines is 1. The quantitative estimate of drug-likeness (QED) is 0.732. The molecule has 0 N–H and O–H groups in total. The zero-order chi connectivity index (χ0) is 19.4. The van der Waals surface area contributed by atoms with Crippen molar-refractivity contribution in [2.75, 3.05) is 25.2 Å².